The third-order valence-corrected chi connectivity index (χ3v) is 3.69. The van der Waals surface area contributed by atoms with Crippen LogP contribution in [0.5, 0.6) is 11.5 Å². The van der Waals surface area contributed by atoms with Crippen molar-refractivity contribution in [1.82, 2.24) is 5.32 Å². The number of phenols is 1. The Hall–Kier alpha value is -3.24. The van der Waals surface area contributed by atoms with E-state index in [1.165, 1.54) is 12.1 Å². The molecule has 2 rings (SSSR count). The van der Waals surface area contributed by atoms with Crippen LogP contribution in [0.2, 0.25) is 0 Å². The second-order valence-electron chi connectivity index (χ2n) is 5.41. The van der Waals surface area contributed by atoms with E-state index in [0.29, 0.717) is 19.0 Å². The van der Waals surface area contributed by atoms with Crippen LogP contribution >= 0.6 is 12.2 Å². The first-order chi connectivity index (χ1) is 13.4. The Bertz CT molecular complexity index is 874. The lowest BCUT2D eigenvalue weighted by Crippen LogP contribution is -2.34. The molecule has 9 nitrogen and oxygen atoms in total. The highest BCUT2D eigenvalue weighted by Crippen LogP contribution is 2.27. The molecule has 2 aromatic carbocycles. The Morgan fingerprint density at radius 1 is 1.25 bits per heavy atom. The number of amides is 1. The third kappa shape index (κ3) is 5.89. The second kappa shape index (κ2) is 10.2. The van der Waals surface area contributed by atoms with Gasteiger partial charge in [0.25, 0.3) is 11.6 Å². The van der Waals surface area contributed by atoms with Gasteiger partial charge in [0.05, 0.1) is 28.8 Å². The maximum Gasteiger partial charge on any atom is 0.273 e. The van der Waals surface area contributed by atoms with Crippen LogP contribution in [0.15, 0.2) is 42.5 Å². The van der Waals surface area contributed by atoms with Crippen molar-refractivity contribution in [3.63, 3.8) is 0 Å². The standard InChI is InChI=1S/C18H19N3O6S/c1-2-26-9-10-27-16-6-4-3-5-13(16)17(23)20-18(28)19-14-8-7-12(21(24)25)11-15(14)22/h3-8,11,22H,2,9-10H2,1H3,(H2,19,20,23,28). The zero-order chi connectivity index (χ0) is 20.5. The van der Waals surface area contributed by atoms with Crippen molar-refractivity contribution in [2.45, 2.75) is 6.92 Å². The molecule has 0 aliphatic heterocycles. The average molecular weight is 405 g/mol. The minimum Gasteiger partial charge on any atom is -0.506 e. The summed E-state index contributed by atoms with van der Waals surface area (Å²) in [6.07, 6.45) is 0. The molecule has 0 saturated carbocycles. The monoisotopic (exact) mass is 405 g/mol. The number of aromatic hydroxyl groups is 1. The molecule has 0 aromatic heterocycles. The smallest absolute Gasteiger partial charge is 0.273 e. The molecule has 1 amide bonds. The number of nitrogens with one attached hydrogen (secondary N) is 2. The van der Waals surface area contributed by atoms with Crippen LogP contribution in [0.25, 0.3) is 0 Å². The summed E-state index contributed by atoms with van der Waals surface area (Å²) in [5, 5.41) is 25.6. The van der Waals surface area contributed by atoms with E-state index in [2.05, 4.69) is 10.6 Å². The molecule has 2 aromatic rings. The van der Waals surface area contributed by atoms with Gasteiger partial charge in [-0.3, -0.25) is 20.2 Å². The van der Waals surface area contributed by atoms with Crippen LogP contribution in [-0.4, -0.2) is 40.9 Å². The molecule has 0 unspecified atom stereocenters. The van der Waals surface area contributed by atoms with Gasteiger partial charge < -0.3 is 19.9 Å². The molecular weight excluding hydrogens is 386 g/mol. The number of nitro groups is 1. The van der Waals surface area contributed by atoms with Crippen LogP contribution in [0.1, 0.15) is 17.3 Å². The van der Waals surface area contributed by atoms with E-state index in [-0.39, 0.29) is 34.4 Å². The minimum absolute atomic E-state index is 0.0849. The van der Waals surface area contributed by atoms with Gasteiger partial charge in [-0.25, -0.2) is 0 Å². The van der Waals surface area contributed by atoms with Gasteiger partial charge in [0.2, 0.25) is 0 Å². The number of rotatable bonds is 8. The largest absolute Gasteiger partial charge is 0.506 e. The van der Waals surface area contributed by atoms with Crippen LogP contribution < -0.4 is 15.4 Å². The van der Waals surface area contributed by atoms with Crippen LogP contribution in [-0.2, 0) is 4.74 Å². The molecule has 0 bridgehead atoms. The summed E-state index contributed by atoms with van der Waals surface area (Å²) in [4.78, 5) is 22.6. The third-order valence-electron chi connectivity index (χ3n) is 3.49. The molecule has 148 valence electrons. The number of carbonyl (C=O) groups excluding carboxylic acids is 1. The summed E-state index contributed by atoms with van der Waals surface area (Å²) in [6, 6.07) is 10.1. The van der Waals surface area contributed by atoms with Crippen molar-refractivity contribution in [2.24, 2.45) is 0 Å². The summed E-state index contributed by atoms with van der Waals surface area (Å²) in [5.41, 5.74) is 0.129. The fourth-order valence-corrected chi connectivity index (χ4v) is 2.40. The molecule has 0 aliphatic carbocycles. The number of para-hydroxylation sites is 1. The highest BCUT2D eigenvalue weighted by Gasteiger charge is 2.15. The first-order valence-corrected chi connectivity index (χ1v) is 8.72. The molecule has 10 heteroatoms. The lowest BCUT2D eigenvalue weighted by atomic mass is 10.2. The Balaban J connectivity index is 2.01. The molecule has 0 radical (unpaired) electrons. The summed E-state index contributed by atoms with van der Waals surface area (Å²) in [7, 11) is 0. The van der Waals surface area contributed by atoms with Crippen LogP contribution in [0, 0.1) is 10.1 Å². The van der Waals surface area contributed by atoms with E-state index in [4.69, 9.17) is 21.7 Å². The van der Waals surface area contributed by atoms with Crippen molar-refractivity contribution < 1.29 is 24.3 Å². The zero-order valence-electron chi connectivity index (χ0n) is 15.0. The highest BCUT2D eigenvalue weighted by molar-refractivity contribution is 7.80. The van der Waals surface area contributed by atoms with Gasteiger partial charge in [0.1, 0.15) is 18.1 Å². The van der Waals surface area contributed by atoms with E-state index in [1.54, 1.807) is 24.3 Å². The van der Waals surface area contributed by atoms with Crippen molar-refractivity contribution in [3.8, 4) is 11.5 Å². The predicted octanol–water partition coefficient (Wildman–Crippen LogP) is 2.84. The van der Waals surface area contributed by atoms with Gasteiger partial charge in [0, 0.05) is 12.7 Å². The van der Waals surface area contributed by atoms with Gasteiger partial charge in [-0.1, -0.05) is 12.1 Å². The Kier molecular flexibility index (Phi) is 7.66. The van der Waals surface area contributed by atoms with Crippen LogP contribution in [0.4, 0.5) is 11.4 Å². The van der Waals surface area contributed by atoms with E-state index < -0.39 is 10.8 Å². The molecule has 0 fully saturated rings. The number of thiocarbonyl (C=S) groups is 1. The first-order valence-electron chi connectivity index (χ1n) is 8.31. The Morgan fingerprint density at radius 2 is 2.00 bits per heavy atom. The molecule has 0 atom stereocenters. The number of nitrogens with zero attached hydrogens (tertiary/aromatic N) is 1. The van der Waals surface area contributed by atoms with Gasteiger partial charge in [0.15, 0.2) is 5.11 Å². The molecule has 0 aliphatic rings. The molecule has 28 heavy (non-hydrogen) atoms. The Labute approximate surface area is 166 Å². The normalized spacial score (nSPS) is 10.2. The van der Waals surface area contributed by atoms with Crippen molar-refractivity contribution in [1.29, 1.82) is 0 Å². The summed E-state index contributed by atoms with van der Waals surface area (Å²) >= 11 is 5.07. The molecule has 3 N–H and O–H groups in total. The number of ether oxygens (including phenoxy) is 2. The van der Waals surface area contributed by atoms with Crippen LogP contribution in [0.3, 0.4) is 0 Å². The average Bonchev–Trinajstić information content (AvgIpc) is 2.67. The number of carbonyl (C=O) groups is 1. The van der Waals surface area contributed by atoms with E-state index in [0.717, 1.165) is 6.07 Å². The van der Waals surface area contributed by atoms with Gasteiger partial charge >= 0.3 is 0 Å². The number of hydrogen-bond donors (Lipinski definition) is 3. The molecule has 0 saturated heterocycles. The molecule has 0 spiro atoms. The summed E-state index contributed by atoms with van der Waals surface area (Å²) < 4.78 is 10.8. The fourth-order valence-electron chi connectivity index (χ4n) is 2.20. The lowest BCUT2D eigenvalue weighted by Gasteiger charge is -2.13. The lowest BCUT2D eigenvalue weighted by molar-refractivity contribution is -0.384. The minimum atomic E-state index is -0.633. The number of benzene rings is 2. The van der Waals surface area contributed by atoms with Gasteiger partial charge in [-0.15, -0.1) is 0 Å². The predicted molar refractivity (Wildman–Crippen MR) is 107 cm³/mol. The second-order valence-corrected chi connectivity index (χ2v) is 5.82. The van der Waals surface area contributed by atoms with Crippen molar-refractivity contribution >= 4 is 34.6 Å². The molecular formula is C18H19N3O6S. The zero-order valence-corrected chi connectivity index (χ0v) is 15.8. The quantitative estimate of drug-likeness (QED) is 0.201. The Morgan fingerprint density at radius 3 is 2.68 bits per heavy atom. The summed E-state index contributed by atoms with van der Waals surface area (Å²) in [6.45, 7) is 3.13. The van der Waals surface area contributed by atoms with Gasteiger partial charge in [-0.2, -0.15) is 0 Å². The topological polar surface area (TPSA) is 123 Å². The van der Waals surface area contributed by atoms with Crippen molar-refractivity contribution in [2.75, 3.05) is 25.1 Å². The number of nitro benzene ring substituents is 1. The highest BCUT2D eigenvalue weighted by atomic mass is 32.1. The number of hydrogen-bond acceptors (Lipinski definition) is 7. The van der Waals surface area contributed by atoms with Crippen molar-refractivity contribution in [3.05, 3.63) is 58.1 Å². The van der Waals surface area contributed by atoms with E-state index in [1.807, 2.05) is 6.92 Å². The summed E-state index contributed by atoms with van der Waals surface area (Å²) in [5.74, 6) is -0.503. The number of phenolic OH excluding ortho intramolecular Hbond substituents is 1. The number of anilines is 1. The van der Waals surface area contributed by atoms with E-state index >= 15 is 0 Å². The van der Waals surface area contributed by atoms with Gasteiger partial charge in [-0.05, 0) is 37.3 Å². The molecule has 0 heterocycles. The van der Waals surface area contributed by atoms with E-state index in [9.17, 15) is 20.0 Å². The number of non-ortho nitro benzene ring substituents is 1. The SMILES string of the molecule is CCOCCOc1ccccc1C(=O)NC(=S)Nc1ccc([N+](=O)[O-])cc1O. The maximum absolute atomic E-state index is 12.5. The maximum atomic E-state index is 12.5. The first kappa shape index (κ1) is 21.1. The fraction of sp³-hybridized carbons (Fsp3) is 0.222.